The van der Waals surface area contributed by atoms with E-state index in [1.54, 1.807) is 49.1 Å². The molecule has 0 saturated carbocycles. The summed E-state index contributed by atoms with van der Waals surface area (Å²) in [7, 11) is -1.00. The highest BCUT2D eigenvalue weighted by molar-refractivity contribution is 7.89. The lowest BCUT2D eigenvalue weighted by atomic mass is 10.0. The van der Waals surface area contributed by atoms with Gasteiger partial charge in [-0.15, -0.1) is 0 Å². The Labute approximate surface area is 200 Å². The number of methoxy groups -OCH3 is 2. The number of carbonyl (C=O) groups is 2. The van der Waals surface area contributed by atoms with Crippen molar-refractivity contribution < 1.29 is 27.5 Å². The predicted molar refractivity (Wildman–Crippen MR) is 130 cm³/mol. The summed E-state index contributed by atoms with van der Waals surface area (Å²) in [5, 5.41) is 2.74. The van der Waals surface area contributed by atoms with Crippen molar-refractivity contribution in [3.63, 3.8) is 0 Å². The third-order valence-corrected chi connectivity index (χ3v) is 7.24. The number of nitrogens with one attached hydrogen (secondary N) is 2. The first-order valence-electron chi connectivity index (χ1n) is 11.0. The molecule has 34 heavy (non-hydrogen) atoms. The first-order chi connectivity index (χ1) is 16.0. The van der Waals surface area contributed by atoms with Gasteiger partial charge in [0.1, 0.15) is 6.04 Å². The maximum absolute atomic E-state index is 13.2. The molecular weight excluding hydrogens is 458 g/mol. The van der Waals surface area contributed by atoms with E-state index < -0.39 is 22.0 Å². The summed E-state index contributed by atoms with van der Waals surface area (Å²) >= 11 is 0. The van der Waals surface area contributed by atoms with E-state index in [1.165, 1.54) is 27.2 Å². The van der Waals surface area contributed by atoms with Crippen LogP contribution in [-0.4, -0.2) is 46.5 Å². The molecule has 0 aromatic heterocycles. The van der Waals surface area contributed by atoms with Gasteiger partial charge >= 0.3 is 0 Å². The van der Waals surface area contributed by atoms with Gasteiger partial charge in [0.05, 0.1) is 19.1 Å². The Morgan fingerprint density at radius 3 is 2.32 bits per heavy atom. The molecule has 2 N–H and O–H groups in total. The van der Waals surface area contributed by atoms with Crippen molar-refractivity contribution in [1.29, 1.82) is 0 Å². The first-order valence-corrected chi connectivity index (χ1v) is 12.4. The zero-order valence-corrected chi connectivity index (χ0v) is 21.0. The van der Waals surface area contributed by atoms with E-state index in [0.29, 0.717) is 29.3 Å². The van der Waals surface area contributed by atoms with Gasteiger partial charge in [-0.1, -0.05) is 13.8 Å². The summed E-state index contributed by atoms with van der Waals surface area (Å²) in [4.78, 5) is 26.7. The molecule has 184 valence electrons. The van der Waals surface area contributed by atoms with Crippen LogP contribution in [0.2, 0.25) is 0 Å². The number of nitrogens with zero attached hydrogens (tertiary/aromatic N) is 1. The fourth-order valence-electron chi connectivity index (χ4n) is 4.12. The number of ether oxygens (including phenoxy) is 2. The summed E-state index contributed by atoms with van der Waals surface area (Å²) in [5.74, 6) is 0.0393. The molecule has 2 aromatic rings. The van der Waals surface area contributed by atoms with Gasteiger partial charge in [-0.05, 0) is 55.2 Å². The molecule has 0 aliphatic carbocycles. The molecule has 3 rings (SSSR count). The second kappa shape index (κ2) is 10.0. The molecule has 1 aliphatic rings. The van der Waals surface area contributed by atoms with E-state index in [9.17, 15) is 18.0 Å². The minimum atomic E-state index is -4.00. The van der Waals surface area contributed by atoms with E-state index in [0.717, 1.165) is 5.56 Å². The zero-order valence-electron chi connectivity index (χ0n) is 20.2. The van der Waals surface area contributed by atoms with E-state index in [1.807, 2.05) is 6.92 Å². The van der Waals surface area contributed by atoms with Crippen LogP contribution in [0.15, 0.2) is 41.3 Å². The highest BCUT2D eigenvalue weighted by Gasteiger charge is 2.32. The number of hydrogen-bond donors (Lipinski definition) is 2. The molecule has 0 fully saturated rings. The van der Waals surface area contributed by atoms with E-state index >= 15 is 0 Å². The molecule has 1 aliphatic heterocycles. The van der Waals surface area contributed by atoms with Gasteiger partial charge in [0.15, 0.2) is 11.5 Å². The molecule has 2 aromatic carbocycles. The van der Waals surface area contributed by atoms with Crippen LogP contribution in [0.25, 0.3) is 0 Å². The lowest BCUT2D eigenvalue weighted by Gasteiger charge is -2.22. The highest BCUT2D eigenvalue weighted by atomic mass is 32.2. The van der Waals surface area contributed by atoms with Crippen molar-refractivity contribution in [2.45, 2.75) is 51.1 Å². The van der Waals surface area contributed by atoms with Crippen molar-refractivity contribution in [2.24, 2.45) is 5.92 Å². The second-order valence-electron chi connectivity index (χ2n) is 8.63. The summed E-state index contributed by atoms with van der Waals surface area (Å²) < 4.78 is 39.4. The van der Waals surface area contributed by atoms with Gasteiger partial charge in [-0.2, -0.15) is 4.72 Å². The van der Waals surface area contributed by atoms with E-state index in [4.69, 9.17) is 9.47 Å². The van der Waals surface area contributed by atoms with Gasteiger partial charge in [0.2, 0.25) is 21.8 Å². The Bertz CT molecular complexity index is 1200. The number of carbonyl (C=O) groups excluding carboxylic acids is 2. The molecule has 0 saturated heterocycles. The number of fused-ring (bicyclic) bond motifs is 1. The normalized spacial score (nSPS) is 16.2. The fourth-order valence-corrected chi connectivity index (χ4v) is 5.51. The highest BCUT2D eigenvalue weighted by Crippen LogP contribution is 2.34. The predicted octanol–water partition coefficient (Wildman–Crippen LogP) is 2.94. The largest absolute Gasteiger partial charge is 0.493 e. The topological polar surface area (TPSA) is 114 Å². The molecule has 2 amide bonds. The molecule has 0 unspecified atom stereocenters. The van der Waals surface area contributed by atoms with Crippen LogP contribution >= 0.6 is 0 Å². The van der Waals surface area contributed by atoms with Crippen LogP contribution in [-0.2, 0) is 26.0 Å². The van der Waals surface area contributed by atoms with Crippen molar-refractivity contribution >= 4 is 33.2 Å². The van der Waals surface area contributed by atoms with Crippen LogP contribution < -0.4 is 24.4 Å². The SMILES string of the molecule is COc1ccc(NC(=O)[C@@H](NS(=O)(=O)c2ccc3c(c2)C[C@H](C)N3C(C)=O)C(C)C)cc1OC. The smallest absolute Gasteiger partial charge is 0.242 e. The van der Waals surface area contributed by atoms with Crippen LogP contribution in [0.5, 0.6) is 11.5 Å². The van der Waals surface area contributed by atoms with Crippen molar-refractivity contribution in [3.05, 3.63) is 42.0 Å². The number of sulfonamides is 1. The van der Waals surface area contributed by atoms with Gasteiger partial charge in [0.25, 0.3) is 0 Å². The third kappa shape index (κ3) is 5.18. The van der Waals surface area contributed by atoms with Gasteiger partial charge in [0, 0.05) is 30.4 Å². The number of rotatable bonds is 8. The lowest BCUT2D eigenvalue weighted by molar-refractivity contribution is -0.118. The maximum atomic E-state index is 13.2. The fraction of sp³-hybridized carbons (Fsp3) is 0.417. The summed E-state index contributed by atoms with van der Waals surface area (Å²) in [6, 6.07) is 8.51. The number of benzene rings is 2. The molecule has 0 radical (unpaired) electrons. The Balaban J connectivity index is 1.82. The van der Waals surface area contributed by atoms with Crippen molar-refractivity contribution in [3.8, 4) is 11.5 Å². The minimum absolute atomic E-state index is 0.0471. The van der Waals surface area contributed by atoms with Crippen molar-refractivity contribution in [2.75, 3.05) is 24.4 Å². The van der Waals surface area contributed by atoms with E-state index in [2.05, 4.69) is 10.0 Å². The average Bonchev–Trinajstić information content (AvgIpc) is 3.12. The van der Waals surface area contributed by atoms with Crippen LogP contribution in [0.1, 0.15) is 33.3 Å². The summed E-state index contributed by atoms with van der Waals surface area (Å²) in [6.07, 6.45) is 0.561. The molecule has 0 bridgehead atoms. The van der Waals surface area contributed by atoms with Gasteiger partial charge in [-0.25, -0.2) is 8.42 Å². The number of hydrogen-bond acceptors (Lipinski definition) is 6. The van der Waals surface area contributed by atoms with Crippen LogP contribution in [0.4, 0.5) is 11.4 Å². The van der Waals surface area contributed by atoms with Crippen LogP contribution in [0, 0.1) is 5.92 Å². The molecule has 0 spiro atoms. The minimum Gasteiger partial charge on any atom is -0.493 e. The standard InChI is InChI=1S/C24H31N3O6S/c1-14(2)23(24(29)25-18-7-10-21(32-5)22(13-18)33-6)26-34(30,31)19-8-9-20-17(12-19)11-15(3)27(20)16(4)28/h7-10,12-15,23,26H,11H2,1-6H3,(H,25,29)/t15-,23-/m0/s1. The molecule has 2 atom stereocenters. The average molecular weight is 490 g/mol. The third-order valence-electron chi connectivity index (χ3n) is 5.80. The Kier molecular flexibility index (Phi) is 7.52. The summed E-state index contributed by atoms with van der Waals surface area (Å²) in [6.45, 7) is 6.93. The van der Waals surface area contributed by atoms with Gasteiger partial charge in [-0.3, -0.25) is 9.59 Å². The number of anilines is 2. The maximum Gasteiger partial charge on any atom is 0.242 e. The lowest BCUT2D eigenvalue weighted by Crippen LogP contribution is -2.47. The van der Waals surface area contributed by atoms with Crippen LogP contribution in [0.3, 0.4) is 0 Å². The second-order valence-corrected chi connectivity index (χ2v) is 10.3. The first kappa shape index (κ1) is 25.5. The summed E-state index contributed by atoms with van der Waals surface area (Å²) in [5.41, 5.74) is 1.94. The van der Waals surface area contributed by atoms with Gasteiger partial charge < -0.3 is 19.7 Å². The Morgan fingerprint density at radius 1 is 1.06 bits per heavy atom. The molecule has 10 heteroatoms. The number of amides is 2. The monoisotopic (exact) mass is 489 g/mol. The quantitative estimate of drug-likeness (QED) is 0.589. The molecule has 9 nitrogen and oxygen atoms in total. The molecular formula is C24H31N3O6S. The van der Waals surface area contributed by atoms with E-state index in [-0.39, 0.29) is 22.8 Å². The Hall–Kier alpha value is -3.11. The molecule has 1 heterocycles. The Morgan fingerprint density at radius 2 is 1.74 bits per heavy atom. The zero-order chi connectivity index (χ0) is 25.2. The van der Waals surface area contributed by atoms with Crippen molar-refractivity contribution in [1.82, 2.24) is 4.72 Å².